The summed E-state index contributed by atoms with van der Waals surface area (Å²) in [6.45, 7) is 1.58. The monoisotopic (exact) mass is 505 g/mol. The fraction of sp³-hybridized carbons (Fsp3) is 0.458. The van der Waals surface area contributed by atoms with Crippen LogP contribution in [-0.4, -0.2) is 54.0 Å². The second-order valence-corrected chi connectivity index (χ2v) is 10.5. The highest BCUT2D eigenvalue weighted by atomic mass is 32.2. The number of carboxylic acid groups (broad SMARTS) is 1. The van der Waals surface area contributed by atoms with Gasteiger partial charge in [-0.15, -0.1) is 0 Å². The van der Waals surface area contributed by atoms with Crippen molar-refractivity contribution < 1.29 is 32.5 Å². The first-order valence-corrected chi connectivity index (χ1v) is 12.9. The van der Waals surface area contributed by atoms with Gasteiger partial charge in [0.1, 0.15) is 10.9 Å². The fourth-order valence-corrected chi connectivity index (χ4v) is 4.62. The summed E-state index contributed by atoms with van der Waals surface area (Å²) in [4.78, 5) is 34.3. The molecule has 0 aliphatic heterocycles. The molecule has 2 atom stereocenters. The topological polar surface area (TPSA) is 176 Å². The SMILES string of the molecule is C[C@@H](NC(=O)[C@@H](N)CC(=O)O)C(=O)NC(C1CC1)C1CC1.O=S(=O)(O)c1cccc2ccccc12. The summed E-state index contributed by atoms with van der Waals surface area (Å²) in [6, 6.07) is 10.2. The molecule has 10 nitrogen and oxygen atoms in total. The number of fused-ring (bicyclic) bond motifs is 1. The minimum Gasteiger partial charge on any atom is -0.481 e. The average Bonchev–Trinajstić information content (AvgIpc) is 3.69. The molecule has 0 spiro atoms. The van der Waals surface area contributed by atoms with Crippen LogP contribution in [0.4, 0.5) is 0 Å². The largest absolute Gasteiger partial charge is 0.481 e. The van der Waals surface area contributed by atoms with E-state index in [1.54, 1.807) is 37.3 Å². The summed E-state index contributed by atoms with van der Waals surface area (Å²) in [5.74, 6) is -0.821. The maximum atomic E-state index is 12.1. The number of benzene rings is 2. The van der Waals surface area contributed by atoms with Crippen LogP contribution in [0.5, 0.6) is 0 Å². The first-order valence-electron chi connectivity index (χ1n) is 11.5. The molecule has 190 valence electrons. The molecular formula is C24H31N3O7S. The molecule has 0 aromatic heterocycles. The normalized spacial score (nSPS) is 17.1. The molecular weight excluding hydrogens is 474 g/mol. The first-order chi connectivity index (χ1) is 16.5. The van der Waals surface area contributed by atoms with Gasteiger partial charge in [0, 0.05) is 11.4 Å². The number of rotatable bonds is 9. The molecule has 2 aromatic rings. The summed E-state index contributed by atoms with van der Waals surface area (Å²) in [5.41, 5.74) is 5.46. The number of hydrogen-bond donors (Lipinski definition) is 5. The number of carbonyl (C=O) groups excluding carboxylic acids is 2. The van der Waals surface area contributed by atoms with E-state index in [0.717, 1.165) is 31.1 Å². The van der Waals surface area contributed by atoms with Crippen LogP contribution in [0.1, 0.15) is 39.0 Å². The highest BCUT2D eigenvalue weighted by Crippen LogP contribution is 2.44. The van der Waals surface area contributed by atoms with E-state index in [0.29, 0.717) is 17.2 Å². The fourth-order valence-electron chi connectivity index (χ4n) is 3.91. The van der Waals surface area contributed by atoms with E-state index in [9.17, 15) is 22.8 Å². The molecule has 2 aliphatic carbocycles. The van der Waals surface area contributed by atoms with Gasteiger partial charge in [0.15, 0.2) is 0 Å². The van der Waals surface area contributed by atoms with Gasteiger partial charge in [-0.3, -0.25) is 18.9 Å². The van der Waals surface area contributed by atoms with Crippen LogP contribution in [0.25, 0.3) is 10.8 Å². The van der Waals surface area contributed by atoms with Crippen molar-refractivity contribution in [2.75, 3.05) is 0 Å². The van der Waals surface area contributed by atoms with Gasteiger partial charge in [0.05, 0.1) is 12.5 Å². The third-order valence-corrected chi connectivity index (χ3v) is 6.99. The molecule has 6 N–H and O–H groups in total. The molecule has 2 aliphatic rings. The predicted octanol–water partition coefficient (Wildman–Crippen LogP) is 1.68. The van der Waals surface area contributed by atoms with Crippen LogP contribution in [0, 0.1) is 11.8 Å². The highest BCUT2D eigenvalue weighted by Gasteiger charge is 2.42. The Kier molecular flexibility index (Phi) is 8.47. The molecule has 0 bridgehead atoms. The van der Waals surface area contributed by atoms with E-state index in [2.05, 4.69) is 10.6 Å². The molecule has 0 radical (unpaired) electrons. The minimum absolute atomic E-state index is 0.0457. The molecule has 11 heteroatoms. The zero-order valence-corrected chi connectivity index (χ0v) is 20.2. The van der Waals surface area contributed by atoms with Crippen molar-refractivity contribution in [3.8, 4) is 0 Å². The number of carbonyl (C=O) groups is 3. The summed E-state index contributed by atoms with van der Waals surface area (Å²) >= 11 is 0. The minimum atomic E-state index is -4.13. The van der Waals surface area contributed by atoms with E-state index < -0.39 is 40.5 Å². The summed E-state index contributed by atoms with van der Waals surface area (Å²) in [6.07, 6.45) is 4.18. The molecule has 2 saturated carbocycles. The van der Waals surface area contributed by atoms with E-state index in [4.69, 9.17) is 15.4 Å². The Balaban J connectivity index is 0.000000211. The zero-order valence-electron chi connectivity index (χ0n) is 19.4. The van der Waals surface area contributed by atoms with Gasteiger partial charge in [-0.25, -0.2) is 0 Å². The molecule has 0 heterocycles. The zero-order chi connectivity index (χ0) is 25.8. The lowest BCUT2D eigenvalue weighted by Crippen LogP contribution is -2.53. The van der Waals surface area contributed by atoms with Crippen LogP contribution in [-0.2, 0) is 24.5 Å². The highest BCUT2D eigenvalue weighted by molar-refractivity contribution is 7.86. The average molecular weight is 506 g/mol. The third-order valence-electron chi connectivity index (χ3n) is 6.08. The van der Waals surface area contributed by atoms with Crippen molar-refractivity contribution >= 4 is 38.7 Å². The van der Waals surface area contributed by atoms with Crippen LogP contribution < -0.4 is 16.4 Å². The standard InChI is InChI=1S/C14H23N3O4.C10H8O3S/c1-7(16-14(21)10(15)6-11(18)19)13(20)17-12(8-2-3-8)9-4-5-9;11-14(12,13)10-7-3-5-8-4-1-2-6-9(8)10/h7-10,12H,2-6,15H2,1H3,(H,16,21)(H,17,20)(H,18,19);1-7H,(H,11,12,13)/t7-,10+;/m1./s1. The number of nitrogens with one attached hydrogen (secondary N) is 2. The molecule has 2 aromatic carbocycles. The summed E-state index contributed by atoms with van der Waals surface area (Å²) in [5, 5.41) is 15.4. The Morgan fingerprint density at radius 3 is 2.09 bits per heavy atom. The quantitative estimate of drug-likeness (QED) is 0.320. The predicted molar refractivity (Wildman–Crippen MR) is 129 cm³/mol. The Hall–Kier alpha value is -3.02. The van der Waals surface area contributed by atoms with Crippen molar-refractivity contribution in [1.82, 2.24) is 10.6 Å². The van der Waals surface area contributed by atoms with E-state index >= 15 is 0 Å². The number of aliphatic carboxylic acids is 1. The Bertz CT molecular complexity index is 1180. The lowest BCUT2D eigenvalue weighted by atomic mass is 10.1. The van der Waals surface area contributed by atoms with Crippen molar-refractivity contribution in [1.29, 1.82) is 0 Å². The van der Waals surface area contributed by atoms with Crippen molar-refractivity contribution in [2.24, 2.45) is 17.6 Å². The van der Waals surface area contributed by atoms with Gasteiger partial charge in [0.25, 0.3) is 10.1 Å². The lowest BCUT2D eigenvalue weighted by Gasteiger charge is -2.22. The van der Waals surface area contributed by atoms with Gasteiger partial charge in [-0.1, -0.05) is 36.4 Å². The van der Waals surface area contributed by atoms with E-state index in [-0.39, 0.29) is 16.8 Å². The van der Waals surface area contributed by atoms with Gasteiger partial charge in [0.2, 0.25) is 11.8 Å². The van der Waals surface area contributed by atoms with Crippen molar-refractivity contribution in [3.05, 3.63) is 42.5 Å². The molecule has 4 rings (SSSR count). The third kappa shape index (κ3) is 7.74. The van der Waals surface area contributed by atoms with E-state index in [1.807, 2.05) is 6.07 Å². The summed E-state index contributed by atoms with van der Waals surface area (Å²) < 4.78 is 31.0. The van der Waals surface area contributed by atoms with Crippen LogP contribution >= 0.6 is 0 Å². The number of carboxylic acids is 1. The van der Waals surface area contributed by atoms with Crippen LogP contribution in [0.3, 0.4) is 0 Å². The second kappa shape index (κ2) is 11.1. The molecule has 0 unspecified atom stereocenters. The smallest absolute Gasteiger partial charge is 0.305 e. The van der Waals surface area contributed by atoms with Crippen LogP contribution in [0.2, 0.25) is 0 Å². The van der Waals surface area contributed by atoms with E-state index in [1.165, 1.54) is 6.07 Å². The van der Waals surface area contributed by atoms with Gasteiger partial charge < -0.3 is 21.5 Å². The molecule has 2 fully saturated rings. The first kappa shape index (κ1) is 26.6. The second-order valence-electron chi connectivity index (χ2n) is 9.10. The maximum absolute atomic E-state index is 12.1. The molecule has 0 saturated heterocycles. The van der Waals surface area contributed by atoms with Gasteiger partial charge in [-0.05, 0) is 55.9 Å². The molecule has 35 heavy (non-hydrogen) atoms. The number of amides is 2. The van der Waals surface area contributed by atoms with Gasteiger partial charge in [-0.2, -0.15) is 8.42 Å². The summed E-state index contributed by atoms with van der Waals surface area (Å²) in [7, 11) is -4.13. The Labute approximate surface area is 204 Å². The van der Waals surface area contributed by atoms with Crippen LogP contribution in [0.15, 0.2) is 47.4 Å². The number of hydrogen-bond acceptors (Lipinski definition) is 6. The van der Waals surface area contributed by atoms with Crippen molar-refractivity contribution in [3.63, 3.8) is 0 Å². The molecule has 2 amide bonds. The lowest BCUT2D eigenvalue weighted by molar-refractivity contribution is -0.139. The maximum Gasteiger partial charge on any atom is 0.305 e. The number of nitrogens with two attached hydrogens (primary N) is 1. The van der Waals surface area contributed by atoms with Gasteiger partial charge >= 0.3 is 5.97 Å². The van der Waals surface area contributed by atoms with Crippen molar-refractivity contribution in [2.45, 2.75) is 62.0 Å². The Morgan fingerprint density at radius 2 is 1.54 bits per heavy atom. The Morgan fingerprint density at radius 1 is 0.971 bits per heavy atom.